The molecule has 266 valence electrons. The molecule has 0 radical (unpaired) electrons. The topological polar surface area (TPSA) is 25.8 Å². The van der Waals surface area contributed by atoms with E-state index in [4.69, 9.17) is 9.97 Å². The van der Waals surface area contributed by atoms with Crippen molar-refractivity contribution in [2.75, 3.05) is 0 Å². The van der Waals surface area contributed by atoms with Gasteiger partial charge in [-0.25, -0.2) is 9.97 Å². The molecule has 1 aromatic heterocycles. The molecule has 2 heteroatoms. The Bertz CT molecular complexity index is 2950. The maximum absolute atomic E-state index is 5.27. The lowest BCUT2D eigenvalue weighted by molar-refractivity contribution is 1.16. The third-order valence-electron chi connectivity index (χ3n) is 10.6. The molecule has 0 fully saturated rings. The number of aromatic nitrogens is 2. The van der Waals surface area contributed by atoms with Crippen molar-refractivity contribution in [2.24, 2.45) is 0 Å². The third kappa shape index (κ3) is 6.85. The van der Waals surface area contributed by atoms with E-state index >= 15 is 0 Å². The molecule has 1 heterocycles. The summed E-state index contributed by atoms with van der Waals surface area (Å²) in [4.78, 5) is 10.5. The fraction of sp³-hybridized carbons (Fsp3) is 0.0370. The molecular formula is C54H40N2. The van der Waals surface area contributed by atoms with Crippen LogP contribution in [0.4, 0.5) is 0 Å². The highest BCUT2D eigenvalue weighted by atomic mass is 14.9. The van der Waals surface area contributed by atoms with E-state index in [9.17, 15) is 0 Å². The Morgan fingerprint density at radius 1 is 0.571 bits per heavy atom. The van der Waals surface area contributed by atoms with Crippen molar-refractivity contribution in [3.63, 3.8) is 0 Å². The van der Waals surface area contributed by atoms with Crippen LogP contribution in [-0.4, -0.2) is 9.97 Å². The summed E-state index contributed by atoms with van der Waals surface area (Å²) in [6.07, 6.45) is 17.8. The molecule has 0 saturated carbocycles. The number of hydrogen-bond acceptors (Lipinski definition) is 2. The molecule has 9 rings (SSSR count). The van der Waals surface area contributed by atoms with Gasteiger partial charge in [-0.2, -0.15) is 0 Å². The van der Waals surface area contributed by atoms with Crippen molar-refractivity contribution in [1.82, 2.24) is 9.97 Å². The standard InChI is InChI=1S/C54H40N2/c1-3-5-14-37(4-2)39-25-29-42(30-26-39)53-36-52(55-54(56-53)47-21-13-20-44(34-47)45-32-27-38-15-6-7-16-43(38)33-45)41-19-12-18-40(28-31-41)51-35-46-17-8-9-22-48(46)49-23-10-11-24-50(49)51/h3-17,19-36H,2,18H2,1H3/b5-3-,37-14+. The molecule has 0 atom stereocenters. The minimum absolute atomic E-state index is 0.687. The Morgan fingerprint density at radius 2 is 1.27 bits per heavy atom. The summed E-state index contributed by atoms with van der Waals surface area (Å²) in [6.45, 7) is 6.06. The molecule has 0 aliphatic heterocycles. The molecule has 2 nitrogen and oxygen atoms in total. The van der Waals surface area contributed by atoms with E-state index in [0.717, 1.165) is 56.8 Å². The minimum atomic E-state index is 0.687. The van der Waals surface area contributed by atoms with Crippen LogP contribution in [0, 0.1) is 0 Å². The van der Waals surface area contributed by atoms with Gasteiger partial charge < -0.3 is 0 Å². The number of rotatable bonds is 8. The van der Waals surface area contributed by atoms with Crippen LogP contribution in [0.3, 0.4) is 0 Å². The first-order chi connectivity index (χ1) is 27.6. The molecule has 8 aromatic rings. The van der Waals surface area contributed by atoms with Crippen LogP contribution < -0.4 is 0 Å². The van der Waals surface area contributed by atoms with Crippen LogP contribution in [0.25, 0.3) is 82.8 Å². The van der Waals surface area contributed by atoms with Crippen molar-refractivity contribution in [3.05, 3.63) is 224 Å². The maximum atomic E-state index is 5.27. The van der Waals surface area contributed by atoms with Gasteiger partial charge in [0.05, 0.1) is 11.4 Å². The average molecular weight is 717 g/mol. The van der Waals surface area contributed by atoms with Crippen LogP contribution in [-0.2, 0) is 0 Å². The number of benzene rings is 7. The molecule has 0 spiro atoms. The number of nitrogens with zero attached hydrogens (tertiary/aromatic N) is 2. The fourth-order valence-electron chi connectivity index (χ4n) is 7.71. The zero-order valence-electron chi connectivity index (χ0n) is 31.4. The predicted octanol–water partition coefficient (Wildman–Crippen LogP) is 14.5. The van der Waals surface area contributed by atoms with Gasteiger partial charge in [-0.1, -0.05) is 183 Å². The molecule has 0 N–H and O–H groups in total. The second-order valence-corrected chi connectivity index (χ2v) is 14.1. The first-order valence-corrected chi connectivity index (χ1v) is 19.2. The highest BCUT2D eigenvalue weighted by Gasteiger charge is 2.15. The molecule has 1 aliphatic carbocycles. The van der Waals surface area contributed by atoms with E-state index in [1.807, 2.05) is 25.2 Å². The van der Waals surface area contributed by atoms with Crippen LogP contribution >= 0.6 is 0 Å². The Labute approximate surface area is 328 Å². The highest BCUT2D eigenvalue weighted by molar-refractivity contribution is 6.12. The van der Waals surface area contributed by atoms with Crippen LogP contribution in [0.5, 0.6) is 0 Å². The molecule has 0 bridgehead atoms. The Hall–Kier alpha value is -7.16. The van der Waals surface area contributed by atoms with Gasteiger partial charge in [-0.15, -0.1) is 0 Å². The van der Waals surface area contributed by atoms with Crippen LogP contribution in [0.15, 0.2) is 207 Å². The second-order valence-electron chi connectivity index (χ2n) is 14.1. The summed E-state index contributed by atoms with van der Waals surface area (Å²) >= 11 is 0. The zero-order valence-corrected chi connectivity index (χ0v) is 31.4. The largest absolute Gasteiger partial charge is 0.228 e. The molecular weight excluding hydrogens is 677 g/mol. The SMILES string of the molecule is C=C/C(=C\C=C/C)c1ccc(-c2cc(C3=CC=C(c4cc5ccccc5c5ccccc45)CC=C3)nc(-c3cccc(-c4ccc5ccccc5c4)c3)n2)cc1. The summed E-state index contributed by atoms with van der Waals surface area (Å²) in [5, 5.41) is 7.52. The molecule has 56 heavy (non-hydrogen) atoms. The van der Waals surface area contributed by atoms with Gasteiger partial charge in [0.1, 0.15) is 0 Å². The molecule has 1 aliphatic rings. The lowest BCUT2D eigenvalue weighted by Crippen LogP contribution is -1.98. The average Bonchev–Trinajstić information content (AvgIpc) is 3.53. The number of fused-ring (bicyclic) bond motifs is 4. The molecule has 0 saturated heterocycles. The monoisotopic (exact) mass is 716 g/mol. The lowest BCUT2D eigenvalue weighted by atomic mass is 9.92. The van der Waals surface area contributed by atoms with E-state index in [1.54, 1.807) is 0 Å². The minimum Gasteiger partial charge on any atom is -0.228 e. The maximum Gasteiger partial charge on any atom is 0.160 e. The summed E-state index contributed by atoms with van der Waals surface area (Å²) in [5.41, 5.74) is 11.8. The van der Waals surface area contributed by atoms with Gasteiger partial charge in [0.2, 0.25) is 0 Å². The Kier molecular flexibility index (Phi) is 9.45. The van der Waals surface area contributed by atoms with E-state index in [2.05, 4.69) is 189 Å². The summed E-state index contributed by atoms with van der Waals surface area (Å²) in [5.74, 6) is 0.687. The van der Waals surface area contributed by atoms with Gasteiger partial charge in [-0.3, -0.25) is 0 Å². The lowest BCUT2D eigenvalue weighted by Gasteiger charge is -2.12. The normalized spacial score (nSPS) is 13.3. The summed E-state index contributed by atoms with van der Waals surface area (Å²) < 4.78 is 0. The van der Waals surface area contributed by atoms with Crippen LogP contribution in [0.2, 0.25) is 0 Å². The molecule has 0 amide bonds. The van der Waals surface area contributed by atoms with Crippen molar-refractivity contribution in [2.45, 2.75) is 13.3 Å². The van der Waals surface area contributed by atoms with Gasteiger partial charge in [0.25, 0.3) is 0 Å². The van der Waals surface area contributed by atoms with Gasteiger partial charge in [0, 0.05) is 11.1 Å². The fourth-order valence-corrected chi connectivity index (χ4v) is 7.71. The predicted molar refractivity (Wildman–Crippen MR) is 240 cm³/mol. The molecule has 7 aromatic carbocycles. The second kappa shape index (κ2) is 15.3. The Balaban J connectivity index is 1.16. The first kappa shape index (κ1) is 34.6. The Morgan fingerprint density at radius 3 is 2.09 bits per heavy atom. The number of hydrogen-bond donors (Lipinski definition) is 0. The van der Waals surface area contributed by atoms with Gasteiger partial charge in [0.15, 0.2) is 5.82 Å². The third-order valence-corrected chi connectivity index (χ3v) is 10.6. The van der Waals surface area contributed by atoms with Crippen molar-refractivity contribution >= 4 is 49.0 Å². The quantitative estimate of drug-likeness (QED) is 0.116. The first-order valence-electron chi connectivity index (χ1n) is 19.2. The van der Waals surface area contributed by atoms with E-state index in [1.165, 1.54) is 43.5 Å². The van der Waals surface area contributed by atoms with Gasteiger partial charge in [-0.05, 0) is 109 Å². The van der Waals surface area contributed by atoms with Gasteiger partial charge >= 0.3 is 0 Å². The van der Waals surface area contributed by atoms with E-state index < -0.39 is 0 Å². The summed E-state index contributed by atoms with van der Waals surface area (Å²) in [6, 6.07) is 54.1. The summed E-state index contributed by atoms with van der Waals surface area (Å²) in [7, 11) is 0. The van der Waals surface area contributed by atoms with Crippen molar-refractivity contribution in [1.29, 1.82) is 0 Å². The smallest absolute Gasteiger partial charge is 0.160 e. The van der Waals surface area contributed by atoms with Crippen molar-refractivity contribution < 1.29 is 0 Å². The zero-order chi connectivity index (χ0) is 37.8. The van der Waals surface area contributed by atoms with E-state index in [0.29, 0.717) is 5.82 Å². The number of allylic oxidation sites excluding steroid dienone is 11. The molecule has 0 unspecified atom stereocenters. The van der Waals surface area contributed by atoms with Crippen molar-refractivity contribution in [3.8, 4) is 33.8 Å². The highest BCUT2D eigenvalue weighted by Crippen LogP contribution is 2.36. The van der Waals surface area contributed by atoms with E-state index in [-0.39, 0.29) is 0 Å². The van der Waals surface area contributed by atoms with Crippen LogP contribution in [0.1, 0.15) is 30.2 Å².